The molecule has 0 saturated carbocycles. The zero-order valence-electron chi connectivity index (χ0n) is 13.8. The number of benzene rings is 4. The second-order valence-electron chi connectivity index (χ2n) is 5.89. The highest BCUT2D eigenvalue weighted by atomic mass is 15.1. The van der Waals surface area contributed by atoms with Gasteiger partial charge in [-0.3, -0.25) is 0 Å². The van der Waals surface area contributed by atoms with Gasteiger partial charge in [-0.15, -0.1) is 6.42 Å². The fraction of sp³-hybridized carbons (Fsp3) is 0. The van der Waals surface area contributed by atoms with E-state index >= 15 is 0 Å². The van der Waals surface area contributed by atoms with E-state index in [4.69, 9.17) is 6.42 Å². The molecule has 0 bridgehead atoms. The van der Waals surface area contributed by atoms with Crippen LogP contribution >= 0.6 is 0 Å². The third-order valence-electron chi connectivity index (χ3n) is 4.30. The third-order valence-corrected chi connectivity index (χ3v) is 4.30. The maximum atomic E-state index is 5.50. The van der Waals surface area contributed by atoms with Crippen molar-refractivity contribution >= 4 is 27.8 Å². The molecule has 0 fully saturated rings. The molecular weight excluding hydrogens is 302 g/mol. The van der Waals surface area contributed by atoms with E-state index in [-0.39, 0.29) is 0 Å². The predicted molar refractivity (Wildman–Crippen MR) is 107 cm³/mol. The Morgan fingerprint density at radius 2 is 1.16 bits per heavy atom. The molecule has 0 aromatic heterocycles. The lowest BCUT2D eigenvalue weighted by Gasteiger charge is -2.25. The van der Waals surface area contributed by atoms with Crippen molar-refractivity contribution in [1.29, 1.82) is 0 Å². The van der Waals surface area contributed by atoms with Gasteiger partial charge in [-0.05, 0) is 59.3 Å². The molecule has 4 rings (SSSR count). The van der Waals surface area contributed by atoms with Crippen LogP contribution in [0.25, 0.3) is 10.8 Å². The first-order valence-electron chi connectivity index (χ1n) is 8.26. The molecule has 0 unspecified atom stereocenters. The summed E-state index contributed by atoms with van der Waals surface area (Å²) >= 11 is 0. The highest BCUT2D eigenvalue weighted by Crippen LogP contribution is 2.35. The Kier molecular flexibility index (Phi) is 3.94. The van der Waals surface area contributed by atoms with E-state index in [0.29, 0.717) is 0 Å². The van der Waals surface area contributed by atoms with Gasteiger partial charge in [0.2, 0.25) is 0 Å². The van der Waals surface area contributed by atoms with Crippen molar-refractivity contribution < 1.29 is 0 Å². The van der Waals surface area contributed by atoms with Gasteiger partial charge < -0.3 is 4.90 Å². The monoisotopic (exact) mass is 319 g/mol. The summed E-state index contributed by atoms with van der Waals surface area (Å²) in [5.41, 5.74) is 4.21. The SMILES string of the molecule is C#Cc1ccc(N(c2ccccc2)c2ccc3ccccc3c2)cc1. The normalized spacial score (nSPS) is 10.4. The van der Waals surface area contributed by atoms with Gasteiger partial charge in [0.15, 0.2) is 0 Å². The molecule has 0 amide bonds. The van der Waals surface area contributed by atoms with Crippen LogP contribution in [0, 0.1) is 12.3 Å². The standard InChI is InChI=1S/C24H17N/c1-2-19-12-15-23(16-13-19)25(22-10-4-3-5-11-22)24-17-14-20-8-6-7-9-21(20)18-24/h1,3-18H. The summed E-state index contributed by atoms with van der Waals surface area (Å²) in [5.74, 6) is 2.68. The zero-order valence-corrected chi connectivity index (χ0v) is 13.8. The number of fused-ring (bicyclic) bond motifs is 1. The number of hydrogen-bond acceptors (Lipinski definition) is 1. The molecule has 0 radical (unpaired) electrons. The molecule has 1 nitrogen and oxygen atoms in total. The first-order chi connectivity index (χ1) is 12.3. The van der Waals surface area contributed by atoms with Gasteiger partial charge in [0, 0.05) is 22.6 Å². The topological polar surface area (TPSA) is 3.24 Å². The Hall–Kier alpha value is -3.50. The molecule has 4 aromatic rings. The van der Waals surface area contributed by atoms with Crippen LogP contribution in [0.1, 0.15) is 5.56 Å². The lowest BCUT2D eigenvalue weighted by atomic mass is 10.1. The van der Waals surface area contributed by atoms with Crippen molar-refractivity contribution in [3.63, 3.8) is 0 Å². The van der Waals surface area contributed by atoms with Crippen LogP contribution in [-0.4, -0.2) is 0 Å². The van der Waals surface area contributed by atoms with E-state index < -0.39 is 0 Å². The highest BCUT2D eigenvalue weighted by Gasteiger charge is 2.12. The van der Waals surface area contributed by atoms with Gasteiger partial charge in [-0.2, -0.15) is 0 Å². The Labute approximate surface area is 148 Å². The van der Waals surface area contributed by atoms with E-state index in [2.05, 4.69) is 89.7 Å². The maximum Gasteiger partial charge on any atom is 0.0468 e. The van der Waals surface area contributed by atoms with E-state index in [1.807, 2.05) is 18.2 Å². The minimum Gasteiger partial charge on any atom is -0.310 e. The molecule has 0 atom stereocenters. The average molecular weight is 319 g/mol. The predicted octanol–water partition coefficient (Wildman–Crippen LogP) is 6.29. The number of hydrogen-bond donors (Lipinski definition) is 0. The lowest BCUT2D eigenvalue weighted by Crippen LogP contribution is -2.09. The second-order valence-corrected chi connectivity index (χ2v) is 5.89. The Balaban J connectivity index is 1.88. The molecule has 0 aliphatic heterocycles. The number of anilines is 3. The van der Waals surface area contributed by atoms with Crippen molar-refractivity contribution in [2.75, 3.05) is 4.90 Å². The highest BCUT2D eigenvalue weighted by molar-refractivity contribution is 5.89. The smallest absolute Gasteiger partial charge is 0.0468 e. The van der Waals surface area contributed by atoms with Crippen LogP contribution in [0.2, 0.25) is 0 Å². The molecule has 0 aliphatic rings. The quantitative estimate of drug-likeness (QED) is 0.401. The molecule has 0 N–H and O–H groups in total. The van der Waals surface area contributed by atoms with Gasteiger partial charge in [-0.25, -0.2) is 0 Å². The second kappa shape index (κ2) is 6.55. The van der Waals surface area contributed by atoms with Gasteiger partial charge in [0.05, 0.1) is 0 Å². The Bertz CT molecular complexity index is 1040. The van der Waals surface area contributed by atoms with E-state index in [0.717, 1.165) is 22.6 Å². The Morgan fingerprint density at radius 1 is 0.560 bits per heavy atom. The Morgan fingerprint density at radius 3 is 1.88 bits per heavy atom. The summed E-state index contributed by atoms with van der Waals surface area (Å²) in [5, 5.41) is 2.46. The van der Waals surface area contributed by atoms with E-state index in [1.54, 1.807) is 0 Å². The van der Waals surface area contributed by atoms with E-state index in [1.165, 1.54) is 10.8 Å². The minimum absolute atomic E-state index is 0.885. The first-order valence-corrected chi connectivity index (χ1v) is 8.26. The summed E-state index contributed by atoms with van der Waals surface area (Å²) in [7, 11) is 0. The van der Waals surface area contributed by atoms with Crippen molar-refractivity contribution in [3.8, 4) is 12.3 Å². The summed E-state index contributed by atoms with van der Waals surface area (Å²) < 4.78 is 0. The molecule has 0 aliphatic carbocycles. The van der Waals surface area contributed by atoms with Gasteiger partial charge in [0.1, 0.15) is 0 Å². The summed E-state index contributed by atoms with van der Waals surface area (Å²) in [4.78, 5) is 2.24. The molecule has 1 heteroatoms. The zero-order chi connectivity index (χ0) is 17.1. The van der Waals surface area contributed by atoms with Crippen LogP contribution in [0.5, 0.6) is 0 Å². The van der Waals surface area contributed by atoms with Crippen molar-refractivity contribution in [2.45, 2.75) is 0 Å². The van der Waals surface area contributed by atoms with Crippen molar-refractivity contribution in [3.05, 3.63) is 103 Å². The molecule has 0 saturated heterocycles. The van der Waals surface area contributed by atoms with Crippen LogP contribution in [-0.2, 0) is 0 Å². The van der Waals surface area contributed by atoms with Crippen LogP contribution in [0.3, 0.4) is 0 Å². The van der Waals surface area contributed by atoms with Crippen molar-refractivity contribution in [1.82, 2.24) is 0 Å². The molecule has 4 aromatic carbocycles. The summed E-state index contributed by atoms with van der Waals surface area (Å²) in [6.45, 7) is 0. The minimum atomic E-state index is 0.885. The molecular formula is C24H17N. The number of para-hydroxylation sites is 1. The summed E-state index contributed by atoms with van der Waals surface area (Å²) in [6, 6.07) is 33.4. The molecule has 0 heterocycles. The van der Waals surface area contributed by atoms with Crippen LogP contribution in [0.4, 0.5) is 17.1 Å². The van der Waals surface area contributed by atoms with E-state index in [9.17, 15) is 0 Å². The van der Waals surface area contributed by atoms with Crippen molar-refractivity contribution in [2.24, 2.45) is 0 Å². The largest absolute Gasteiger partial charge is 0.310 e. The van der Waals surface area contributed by atoms with Gasteiger partial charge in [-0.1, -0.05) is 54.5 Å². The van der Waals surface area contributed by atoms with Gasteiger partial charge >= 0.3 is 0 Å². The fourth-order valence-corrected chi connectivity index (χ4v) is 3.05. The third kappa shape index (κ3) is 2.98. The van der Waals surface area contributed by atoms with Crippen LogP contribution < -0.4 is 4.90 Å². The summed E-state index contributed by atoms with van der Waals surface area (Å²) in [6.07, 6.45) is 5.50. The average Bonchev–Trinajstić information content (AvgIpc) is 2.69. The van der Waals surface area contributed by atoms with Crippen LogP contribution in [0.15, 0.2) is 97.1 Å². The molecule has 118 valence electrons. The van der Waals surface area contributed by atoms with Gasteiger partial charge in [0.25, 0.3) is 0 Å². The number of rotatable bonds is 3. The molecule has 25 heavy (non-hydrogen) atoms. The lowest BCUT2D eigenvalue weighted by molar-refractivity contribution is 1.29. The number of terminal acetylenes is 1. The first kappa shape index (κ1) is 15.1. The fourth-order valence-electron chi connectivity index (χ4n) is 3.05. The molecule has 0 spiro atoms. The maximum absolute atomic E-state index is 5.50. The number of nitrogens with zero attached hydrogens (tertiary/aromatic N) is 1.